The molecular weight excluding hydrogens is 344 g/mol. The second-order valence-corrected chi connectivity index (χ2v) is 6.40. The van der Waals surface area contributed by atoms with Crippen molar-refractivity contribution >= 4 is 22.5 Å². The van der Waals surface area contributed by atoms with Gasteiger partial charge in [0.2, 0.25) is 5.78 Å². The van der Waals surface area contributed by atoms with Crippen LogP contribution < -0.4 is 4.74 Å². The lowest BCUT2D eigenvalue weighted by Crippen LogP contribution is -2.27. The monoisotopic (exact) mass is 364 g/mol. The third kappa shape index (κ3) is 2.92. The highest BCUT2D eigenvalue weighted by Crippen LogP contribution is 2.35. The Morgan fingerprint density at radius 3 is 2.70 bits per heavy atom. The van der Waals surface area contributed by atoms with Gasteiger partial charge in [0.15, 0.2) is 11.5 Å². The van der Waals surface area contributed by atoms with Crippen molar-refractivity contribution in [3.8, 4) is 5.75 Å². The van der Waals surface area contributed by atoms with Gasteiger partial charge in [0, 0.05) is 24.2 Å². The number of ether oxygens (including phenoxy) is 1. The summed E-state index contributed by atoms with van der Waals surface area (Å²) in [5.41, 5.74) is 1.24. The fraction of sp³-hybridized carbons (Fsp3) is 0.286. The van der Waals surface area contributed by atoms with Crippen LogP contribution in [0.5, 0.6) is 5.75 Å². The van der Waals surface area contributed by atoms with Crippen LogP contribution >= 0.6 is 0 Å². The zero-order chi connectivity index (χ0) is 19.0. The maximum absolute atomic E-state index is 12.8. The average molecular weight is 364 g/mol. The van der Waals surface area contributed by atoms with E-state index in [9.17, 15) is 9.59 Å². The maximum Gasteiger partial charge on any atom is 0.248 e. The van der Waals surface area contributed by atoms with Crippen molar-refractivity contribution in [2.75, 3.05) is 26.2 Å². The second kappa shape index (κ2) is 6.96. The third-order valence-corrected chi connectivity index (χ3v) is 4.93. The lowest BCUT2D eigenvalue weighted by atomic mass is 9.90. The summed E-state index contributed by atoms with van der Waals surface area (Å²) in [6.07, 6.45) is 1.50. The zero-order valence-corrected chi connectivity index (χ0v) is 15.3. The van der Waals surface area contributed by atoms with E-state index in [4.69, 9.17) is 9.15 Å². The van der Waals surface area contributed by atoms with E-state index in [2.05, 4.69) is 23.7 Å². The molecule has 0 N–H and O–H groups in total. The van der Waals surface area contributed by atoms with Crippen molar-refractivity contribution in [1.29, 1.82) is 0 Å². The number of aromatic nitrogens is 1. The lowest BCUT2D eigenvalue weighted by Gasteiger charge is -2.17. The summed E-state index contributed by atoms with van der Waals surface area (Å²) in [6.45, 7) is 7.57. The molecular formula is C21H20N2O4. The molecule has 0 radical (unpaired) electrons. The highest BCUT2D eigenvalue weighted by atomic mass is 16.5. The first-order valence-corrected chi connectivity index (χ1v) is 9.10. The number of pyridine rings is 1. The fourth-order valence-corrected chi connectivity index (χ4v) is 3.40. The molecule has 3 aromatic rings. The van der Waals surface area contributed by atoms with Crippen LogP contribution in [0.25, 0.3) is 11.0 Å². The van der Waals surface area contributed by atoms with Gasteiger partial charge in [-0.05, 0) is 37.4 Å². The molecule has 0 bridgehead atoms. The van der Waals surface area contributed by atoms with Crippen LogP contribution in [-0.4, -0.2) is 47.7 Å². The largest absolute Gasteiger partial charge is 0.492 e. The van der Waals surface area contributed by atoms with Gasteiger partial charge in [-0.3, -0.25) is 14.6 Å². The van der Waals surface area contributed by atoms with Crippen molar-refractivity contribution in [3.05, 3.63) is 59.1 Å². The molecule has 0 atom stereocenters. The number of carbonyl (C=O) groups is 2. The molecule has 0 saturated heterocycles. The Hall–Kier alpha value is -2.99. The predicted molar refractivity (Wildman–Crippen MR) is 101 cm³/mol. The summed E-state index contributed by atoms with van der Waals surface area (Å²) in [5, 5.41) is 0.619. The first-order chi connectivity index (χ1) is 13.1. The molecule has 138 valence electrons. The van der Waals surface area contributed by atoms with Crippen molar-refractivity contribution in [2.45, 2.75) is 13.8 Å². The SMILES string of the molecule is CCN(CC)CCOc1ccc2c3c(oc2c1)C(=O)c1ncccc1C3=O. The van der Waals surface area contributed by atoms with Gasteiger partial charge in [0.25, 0.3) is 0 Å². The molecule has 4 rings (SSSR count). The minimum Gasteiger partial charge on any atom is -0.492 e. The Balaban J connectivity index is 1.65. The molecule has 0 saturated carbocycles. The summed E-state index contributed by atoms with van der Waals surface area (Å²) in [4.78, 5) is 31.8. The molecule has 27 heavy (non-hydrogen) atoms. The molecule has 6 heteroatoms. The van der Waals surface area contributed by atoms with Crippen LogP contribution in [0.2, 0.25) is 0 Å². The van der Waals surface area contributed by atoms with Crippen molar-refractivity contribution in [3.63, 3.8) is 0 Å². The van der Waals surface area contributed by atoms with E-state index in [1.807, 2.05) is 0 Å². The summed E-state index contributed by atoms with van der Waals surface area (Å²) in [7, 11) is 0. The van der Waals surface area contributed by atoms with Crippen LogP contribution in [0, 0.1) is 0 Å². The number of nitrogens with zero attached hydrogens (tertiary/aromatic N) is 2. The van der Waals surface area contributed by atoms with Crippen LogP contribution in [-0.2, 0) is 0 Å². The number of fused-ring (bicyclic) bond motifs is 4. The summed E-state index contributed by atoms with van der Waals surface area (Å²) >= 11 is 0. The molecule has 2 heterocycles. The van der Waals surface area contributed by atoms with E-state index in [0.29, 0.717) is 34.5 Å². The van der Waals surface area contributed by atoms with E-state index < -0.39 is 0 Å². The number of rotatable bonds is 6. The molecule has 0 unspecified atom stereocenters. The maximum atomic E-state index is 12.8. The van der Waals surface area contributed by atoms with Gasteiger partial charge < -0.3 is 14.1 Å². The van der Waals surface area contributed by atoms with Gasteiger partial charge in [-0.1, -0.05) is 13.8 Å². The fourth-order valence-electron chi connectivity index (χ4n) is 3.40. The van der Waals surface area contributed by atoms with Crippen molar-refractivity contribution < 1.29 is 18.7 Å². The smallest absolute Gasteiger partial charge is 0.248 e. The third-order valence-electron chi connectivity index (χ3n) is 4.93. The number of benzene rings is 1. The number of ketones is 2. The molecule has 0 spiro atoms. The summed E-state index contributed by atoms with van der Waals surface area (Å²) in [6, 6.07) is 8.58. The van der Waals surface area contributed by atoms with Crippen LogP contribution in [0.4, 0.5) is 0 Å². The number of furan rings is 1. The zero-order valence-electron chi connectivity index (χ0n) is 15.3. The Morgan fingerprint density at radius 1 is 1.11 bits per heavy atom. The lowest BCUT2D eigenvalue weighted by molar-refractivity contribution is 0.0958. The Morgan fingerprint density at radius 2 is 1.93 bits per heavy atom. The van der Waals surface area contributed by atoms with E-state index in [1.165, 1.54) is 6.20 Å². The van der Waals surface area contributed by atoms with Crippen LogP contribution in [0.15, 0.2) is 40.9 Å². The average Bonchev–Trinajstić information content (AvgIpc) is 3.08. The Labute approximate surface area is 156 Å². The number of hydrogen-bond donors (Lipinski definition) is 0. The van der Waals surface area contributed by atoms with E-state index >= 15 is 0 Å². The van der Waals surface area contributed by atoms with E-state index in [1.54, 1.807) is 30.3 Å². The van der Waals surface area contributed by atoms with Gasteiger partial charge in [-0.2, -0.15) is 0 Å². The number of likely N-dealkylation sites (N-methyl/N-ethyl adjacent to an activating group) is 1. The molecule has 0 fully saturated rings. The van der Waals surface area contributed by atoms with Gasteiger partial charge in [-0.15, -0.1) is 0 Å². The van der Waals surface area contributed by atoms with Crippen molar-refractivity contribution in [2.24, 2.45) is 0 Å². The van der Waals surface area contributed by atoms with Gasteiger partial charge in [0.1, 0.15) is 23.6 Å². The standard InChI is InChI=1S/C21H20N2O4/c1-3-23(4-2)10-11-26-13-7-8-14-16(12-13)27-21-17(14)19(24)15-6-5-9-22-18(15)20(21)25/h5-9,12H,3-4,10-11H2,1-2H3. The normalized spacial score (nSPS) is 13.1. The van der Waals surface area contributed by atoms with E-state index in [0.717, 1.165) is 19.6 Å². The minimum atomic E-state index is -0.361. The molecule has 0 amide bonds. The highest BCUT2D eigenvalue weighted by Gasteiger charge is 2.35. The highest BCUT2D eigenvalue weighted by molar-refractivity contribution is 6.30. The summed E-state index contributed by atoms with van der Waals surface area (Å²) in [5.74, 6) is 0.111. The quantitative estimate of drug-likeness (QED) is 0.523. The number of carbonyl (C=O) groups excluding carboxylic acids is 2. The van der Waals surface area contributed by atoms with Gasteiger partial charge in [0.05, 0.1) is 11.1 Å². The Kier molecular flexibility index (Phi) is 4.49. The predicted octanol–water partition coefficient (Wildman–Crippen LogP) is 3.32. The molecule has 0 aliphatic heterocycles. The van der Waals surface area contributed by atoms with Crippen molar-refractivity contribution in [1.82, 2.24) is 9.88 Å². The molecule has 6 nitrogen and oxygen atoms in total. The van der Waals surface area contributed by atoms with E-state index in [-0.39, 0.29) is 23.0 Å². The minimum absolute atomic E-state index is 0.0569. The van der Waals surface area contributed by atoms with Crippen LogP contribution in [0.1, 0.15) is 46.0 Å². The summed E-state index contributed by atoms with van der Waals surface area (Å²) < 4.78 is 11.6. The molecule has 1 aliphatic rings. The number of hydrogen-bond acceptors (Lipinski definition) is 6. The second-order valence-electron chi connectivity index (χ2n) is 6.40. The first-order valence-electron chi connectivity index (χ1n) is 9.10. The molecule has 1 aromatic carbocycles. The van der Waals surface area contributed by atoms with Gasteiger partial charge >= 0.3 is 0 Å². The molecule has 1 aliphatic carbocycles. The topological polar surface area (TPSA) is 72.6 Å². The molecule has 2 aromatic heterocycles. The first kappa shape index (κ1) is 17.4. The Bertz CT molecular complexity index is 1030. The van der Waals surface area contributed by atoms with Gasteiger partial charge in [-0.25, -0.2) is 0 Å². The van der Waals surface area contributed by atoms with Crippen LogP contribution in [0.3, 0.4) is 0 Å².